The predicted molar refractivity (Wildman–Crippen MR) is 76.3 cm³/mol. The van der Waals surface area contributed by atoms with Crippen LogP contribution in [0.1, 0.15) is 37.8 Å². The van der Waals surface area contributed by atoms with Crippen molar-refractivity contribution in [3.05, 3.63) is 29.3 Å². The number of rotatable bonds is 5. The second-order valence-corrected chi connectivity index (χ2v) is 5.59. The van der Waals surface area contributed by atoms with Crippen molar-refractivity contribution in [1.82, 2.24) is 5.32 Å². The fourth-order valence-electron chi connectivity index (χ4n) is 2.59. The van der Waals surface area contributed by atoms with E-state index >= 15 is 0 Å². The largest absolute Gasteiger partial charge is 0.492 e. The van der Waals surface area contributed by atoms with Crippen molar-refractivity contribution in [2.45, 2.75) is 45.6 Å². The zero-order valence-corrected chi connectivity index (χ0v) is 11.8. The fraction of sp³-hybridized carbons (Fsp3) is 0.625. The average Bonchev–Trinajstić information content (AvgIpc) is 2.39. The molecule has 0 fully saturated rings. The van der Waals surface area contributed by atoms with Crippen LogP contribution in [0.25, 0.3) is 0 Å². The molecule has 2 nitrogen and oxygen atoms in total. The Morgan fingerprint density at radius 2 is 1.89 bits per heavy atom. The lowest BCUT2D eigenvalue weighted by Gasteiger charge is -2.21. The lowest BCUT2D eigenvalue weighted by molar-refractivity contribution is 0.237. The first-order valence-electron chi connectivity index (χ1n) is 7.12. The van der Waals surface area contributed by atoms with Gasteiger partial charge in [0, 0.05) is 6.04 Å². The first kappa shape index (κ1) is 13.4. The molecule has 1 aromatic rings. The zero-order valence-electron chi connectivity index (χ0n) is 11.8. The van der Waals surface area contributed by atoms with E-state index in [0.717, 1.165) is 12.4 Å². The summed E-state index contributed by atoms with van der Waals surface area (Å²) in [4.78, 5) is 0. The molecule has 18 heavy (non-hydrogen) atoms. The molecule has 0 radical (unpaired) electrons. The molecule has 0 saturated carbocycles. The van der Waals surface area contributed by atoms with Gasteiger partial charge in [0.15, 0.2) is 0 Å². The van der Waals surface area contributed by atoms with Gasteiger partial charge in [0.05, 0.1) is 0 Å². The van der Waals surface area contributed by atoms with E-state index in [1.807, 2.05) is 7.05 Å². The molecule has 0 spiro atoms. The van der Waals surface area contributed by atoms with Crippen molar-refractivity contribution in [3.63, 3.8) is 0 Å². The van der Waals surface area contributed by atoms with Gasteiger partial charge in [0.1, 0.15) is 12.4 Å². The summed E-state index contributed by atoms with van der Waals surface area (Å²) >= 11 is 0. The van der Waals surface area contributed by atoms with E-state index in [2.05, 4.69) is 37.4 Å². The van der Waals surface area contributed by atoms with E-state index in [4.69, 9.17) is 4.74 Å². The molecule has 0 bridgehead atoms. The van der Waals surface area contributed by atoms with Gasteiger partial charge in [-0.1, -0.05) is 19.9 Å². The Hall–Kier alpha value is -1.02. The summed E-state index contributed by atoms with van der Waals surface area (Å²) in [7, 11) is 2.00. The molecule has 100 valence electrons. The van der Waals surface area contributed by atoms with Crippen LogP contribution >= 0.6 is 0 Å². The molecule has 1 aliphatic rings. The second-order valence-electron chi connectivity index (χ2n) is 5.59. The van der Waals surface area contributed by atoms with Crippen LogP contribution in [0, 0.1) is 5.92 Å². The molecule has 0 aromatic heterocycles. The maximum Gasteiger partial charge on any atom is 0.119 e. The number of fused-ring (bicyclic) bond motifs is 1. The highest BCUT2D eigenvalue weighted by Gasteiger charge is 2.13. The van der Waals surface area contributed by atoms with Crippen molar-refractivity contribution in [1.29, 1.82) is 0 Å². The van der Waals surface area contributed by atoms with Gasteiger partial charge in [-0.25, -0.2) is 0 Å². The van der Waals surface area contributed by atoms with Crippen molar-refractivity contribution in [2.75, 3.05) is 13.7 Å². The van der Waals surface area contributed by atoms with Crippen LogP contribution in [-0.4, -0.2) is 19.7 Å². The van der Waals surface area contributed by atoms with Crippen LogP contribution < -0.4 is 10.1 Å². The quantitative estimate of drug-likeness (QED) is 0.863. The van der Waals surface area contributed by atoms with Crippen LogP contribution in [0.4, 0.5) is 0 Å². The third-order valence-corrected chi connectivity index (χ3v) is 3.93. The predicted octanol–water partition coefficient (Wildman–Crippen LogP) is 3.19. The van der Waals surface area contributed by atoms with E-state index in [1.165, 1.54) is 36.8 Å². The number of benzene rings is 1. The van der Waals surface area contributed by atoms with E-state index in [9.17, 15) is 0 Å². The SMILES string of the molecule is CNC(COc1ccc2c(c1)CCCC2)C(C)C. The summed E-state index contributed by atoms with van der Waals surface area (Å²) in [5.74, 6) is 1.61. The maximum absolute atomic E-state index is 5.92. The number of hydrogen-bond acceptors (Lipinski definition) is 2. The van der Waals surface area contributed by atoms with Crippen LogP contribution in [0.5, 0.6) is 5.75 Å². The molecule has 1 N–H and O–H groups in total. The van der Waals surface area contributed by atoms with Gasteiger partial charge in [-0.15, -0.1) is 0 Å². The number of nitrogens with one attached hydrogen (secondary N) is 1. The van der Waals surface area contributed by atoms with Gasteiger partial charge in [-0.05, 0) is 61.9 Å². The van der Waals surface area contributed by atoms with Gasteiger partial charge >= 0.3 is 0 Å². The standard InChI is InChI=1S/C16H25NO/c1-12(2)16(17-3)11-18-15-9-8-13-6-4-5-7-14(13)10-15/h8-10,12,16-17H,4-7,11H2,1-3H3. The summed E-state index contributed by atoms with van der Waals surface area (Å²) in [6, 6.07) is 7.02. The topological polar surface area (TPSA) is 21.3 Å². The van der Waals surface area contributed by atoms with Gasteiger partial charge in [-0.2, -0.15) is 0 Å². The number of ether oxygens (including phenoxy) is 1. The first-order valence-corrected chi connectivity index (χ1v) is 7.12. The first-order chi connectivity index (χ1) is 8.70. The molecule has 0 heterocycles. The molecular formula is C16H25NO. The molecule has 1 aliphatic carbocycles. The number of likely N-dealkylation sites (N-methyl/N-ethyl adjacent to an activating group) is 1. The molecule has 1 aromatic carbocycles. The van der Waals surface area contributed by atoms with E-state index < -0.39 is 0 Å². The molecule has 2 rings (SSSR count). The van der Waals surface area contributed by atoms with Crippen molar-refractivity contribution >= 4 is 0 Å². The summed E-state index contributed by atoms with van der Waals surface area (Å²) in [6.45, 7) is 5.18. The van der Waals surface area contributed by atoms with Gasteiger partial charge in [-0.3, -0.25) is 0 Å². The smallest absolute Gasteiger partial charge is 0.119 e. The molecular weight excluding hydrogens is 222 g/mol. The average molecular weight is 247 g/mol. The van der Waals surface area contributed by atoms with Gasteiger partial charge < -0.3 is 10.1 Å². The normalized spacial score (nSPS) is 16.4. The van der Waals surface area contributed by atoms with Crippen molar-refractivity contribution < 1.29 is 4.74 Å². The Kier molecular flexibility index (Phi) is 4.65. The Balaban J connectivity index is 1.97. The van der Waals surface area contributed by atoms with E-state index in [-0.39, 0.29) is 0 Å². The fourth-order valence-corrected chi connectivity index (χ4v) is 2.59. The third kappa shape index (κ3) is 3.26. The molecule has 0 saturated heterocycles. The highest BCUT2D eigenvalue weighted by atomic mass is 16.5. The minimum absolute atomic E-state index is 0.418. The Morgan fingerprint density at radius 1 is 1.17 bits per heavy atom. The molecule has 2 heteroatoms. The van der Waals surface area contributed by atoms with Gasteiger partial charge in [0.25, 0.3) is 0 Å². The molecule has 1 atom stereocenters. The Morgan fingerprint density at radius 3 is 2.56 bits per heavy atom. The van der Waals surface area contributed by atoms with Crippen molar-refractivity contribution in [2.24, 2.45) is 5.92 Å². The summed E-state index contributed by atoms with van der Waals surface area (Å²) in [5, 5.41) is 3.31. The monoisotopic (exact) mass is 247 g/mol. The van der Waals surface area contributed by atoms with Crippen LogP contribution in [0.15, 0.2) is 18.2 Å². The Labute approximate surface area is 111 Å². The third-order valence-electron chi connectivity index (χ3n) is 3.93. The Bertz CT molecular complexity index is 387. The number of hydrogen-bond donors (Lipinski definition) is 1. The van der Waals surface area contributed by atoms with Gasteiger partial charge in [0.2, 0.25) is 0 Å². The minimum Gasteiger partial charge on any atom is -0.492 e. The van der Waals surface area contributed by atoms with Crippen LogP contribution in [0.3, 0.4) is 0 Å². The van der Waals surface area contributed by atoms with Crippen LogP contribution in [0.2, 0.25) is 0 Å². The van der Waals surface area contributed by atoms with Crippen LogP contribution in [-0.2, 0) is 12.8 Å². The molecule has 0 amide bonds. The zero-order chi connectivity index (χ0) is 13.0. The lowest BCUT2D eigenvalue weighted by Crippen LogP contribution is -2.36. The number of aryl methyl sites for hydroxylation is 2. The second kappa shape index (κ2) is 6.24. The maximum atomic E-state index is 5.92. The van der Waals surface area contributed by atoms with Crippen molar-refractivity contribution in [3.8, 4) is 5.75 Å². The van der Waals surface area contributed by atoms with E-state index in [0.29, 0.717) is 12.0 Å². The molecule has 1 unspecified atom stereocenters. The lowest BCUT2D eigenvalue weighted by atomic mass is 9.92. The highest BCUT2D eigenvalue weighted by Crippen LogP contribution is 2.25. The summed E-state index contributed by atoms with van der Waals surface area (Å²) in [5.41, 5.74) is 3.01. The minimum atomic E-state index is 0.418. The van der Waals surface area contributed by atoms with E-state index in [1.54, 1.807) is 0 Å². The summed E-state index contributed by atoms with van der Waals surface area (Å²) < 4.78 is 5.92. The molecule has 0 aliphatic heterocycles. The summed E-state index contributed by atoms with van der Waals surface area (Å²) in [6.07, 6.45) is 5.11. The highest BCUT2D eigenvalue weighted by molar-refractivity contribution is 5.37.